The monoisotopic (exact) mass is 201 g/mol. The van der Waals surface area contributed by atoms with E-state index in [-0.39, 0.29) is 11.8 Å². The molecule has 1 aliphatic carbocycles. The summed E-state index contributed by atoms with van der Waals surface area (Å²) in [6.07, 6.45) is 6.17. The fourth-order valence-electron chi connectivity index (χ4n) is 1.67. The zero-order chi connectivity index (χ0) is 9.68. The molecular formula is C10H19NOS. The highest BCUT2D eigenvalue weighted by atomic mass is 32.1. The van der Waals surface area contributed by atoms with E-state index < -0.39 is 0 Å². The summed E-state index contributed by atoms with van der Waals surface area (Å²) < 4.78 is 0. The largest absolute Gasteiger partial charge is 0.353 e. The molecule has 1 rings (SSSR count). The van der Waals surface area contributed by atoms with Crippen LogP contribution in [0.3, 0.4) is 0 Å². The number of amides is 1. The van der Waals surface area contributed by atoms with Crippen molar-refractivity contribution in [1.29, 1.82) is 0 Å². The van der Waals surface area contributed by atoms with Crippen molar-refractivity contribution in [3.8, 4) is 0 Å². The molecule has 0 aromatic heterocycles. The van der Waals surface area contributed by atoms with E-state index in [1.807, 2.05) is 6.92 Å². The molecule has 0 bridgehead atoms. The van der Waals surface area contributed by atoms with Gasteiger partial charge < -0.3 is 5.32 Å². The molecule has 0 aromatic carbocycles. The van der Waals surface area contributed by atoms with Crippen LogP contribution >= 0.6 is 12.6 Å². The van der Waals surface area contributed by atoms with Gasteiger partial charge in [0.05, 0.1) is 0 Å². The molecule has 1 unspecified atom stereocenters. The second-order valence-corrected chi connectivity index (χ2v) is 4.29. The molecule has 1 atom stereocenters. The molecule has 1 saturated carbocycles. The summed E-state index contributed by atoms with van der Waals surface area (Å²) >= 11 is 4.11. The Balaban J connectivity index is 2.26. The maximum absolute atomic E-state index is 11.5. The maximum Gasteiger partial charge on any atom is 0.223 e. The molecule has 1 amide bonds. The van der Waals surface area contributed by atoms with Crippen molar-refractivity contribution < 1.29 is 4.79 Å². The van der Waals surface area contributed by atoms with E-state index >= 15 is 0 Å². The van der Waals surface area contributed by atoms with E-state index in [0.29, 0.717) is 11.8 Å². The molecule has 0 aromatic rings. The summed E-state index contributed by atoms with van der Waals surface area (Å²) in [6, 6.07) is 0.434. The normalized spacial score (nSPS) is 21.1. The molecule has 2 nitrogen and oxygen atoms in total. The minimum absolute atomic E-state index is 0.0465. The van der Waals surface area contributed by atoms with Crippen LogP contribution in [0.1, 0.15) is 39.0 Å². The second kappa shape index (κ2) is 5.53. The summed E-state index contributed by atoms with van der Waals surface area (Å²) in [5.74, 6) is 0.852. The van der Waals surface area contributed by atoms with Crippen molar-refractivity contribution in [1.82, 2.24) is 5.32 Å². The third kappa shape index (κ3) is 3.59. The number of thiol groups is 1. The standard InChI is InChI=1S/C10H19NOS/c1-8(7-13)10(12)11-9-5-3-2-4-6-9/h8-9,13H,2-7H2,1H3,(H,11,12). The van der Waals surface area contributed by atoms with E-state index in [9.17, 15) is 4.79 Å². The van der Waals surface area contributed by atoms with Crippen LogP contribution in [-0.2, 0) is 4.79 Å². The van der Waals surface area contributed by atoms with E-state index in [2.05, 4.69) is 17.9 Å². The van der Waals surface area contributed by atoms with Crippen LogP contribution in [0.2, 0.25) is 0 Å². The first-order valence-electron chi connectivity index (χ1n) is 5.15. The second-order valence-electron chi connectivity index (χ2n) is 3.93. The fourth-order valence-corrected chi connectivity index (χ4v) is 1.84. The molecule has 0 saturated heterocycles. The number of rotatable bonds is 3. The Labute approximate surface area is 85.9 Å². The Bertz CT molecular complexity index is 166. The number of nitrogens with one attached hydrogen (secondary N) is 1. The first kappa shape index (κ1) is 10.9. The van der Waals surface area contributed by atoms with Gasteiger partial charge in [-0.2, -0.15) is 12.6 Å². The Kier molecular flexibility index (Phi) is 4.64. The van der Waals surface area contributed by atoms with Gasteiger partial charge in [0, 0.05) is 17.7 Å². The highest BCUT2D eigenvalue weighted by molar-refractivity contribution is 7.80. The predicted octanol–water partition coefficient (Wildman–Crippen LogP) is 2.00. The summed E-state index contributed by atoms with van der Waals surface area (Å²) in [5, 5.41) is 3.08. The molecule has 1 fully saturated rings. The van der Waals surface area contributed by atoms with Crippen LogP contribution in [0.5, 0.6) is 0 Å². The van der Waals surface area contributed by atoms with Crippen molar-refractivity contribution in [2.75, 3.05) is 5.75 Å². The van der Waals surface area contributed by atoms with Gasteiger partial charge in [-0.15, -0.1) is 0 Å². The van der Waals surface area contributed by atoms with Gasteiger partial charge in [-0.05, 0) is 12.8 Å². The lowest BCUT2D eigenvalue weighted by Crippen LogP contribution is -2.39. The lowest BCUT2D eigenvalue weighted by atomic mass is 9.95. The first-order chi connectivity index (χ1) is 6.24. The van der Waals surface area contributed by atoms with Gasteiger partial charge in [0.25, 0.3) is 0 Å². The molecule has 1 N–H and O–H groups in total. The SMILES string of the molecule is CC(CS)C(=O)NC1CCCCC1. The third-order valence-corrected chi connectivity index (χ3v) is 3.22. The Morgan fingerprint density at radius 3 is 2.62 bits per heavy atom. The van der Waals surface area contributed by atoms with Gasteiger partial charge in [-0.25, -0.2) is 0 Å². The van der Waals surface area contributed by atoms with Crippen LogP contribution < -0.4 is 5.32 Å². The molecule has 3 heteroatoms. The number of carbonyl (C=O) groups excluding carboxylic acids is 1. The van der Waals surface area contributed by atoms with Gasteiger partial charge in [-0.3, -0.25) is 4.79 Å². The van der Waals surface area contributed by atoms with Gasteiger partial charge in [0.2, 0.25) is 5.91 Å². The number of carbonyl (C=O) groups is 1. The summed E-state index contributed by atoms with van der Waals surface area (Å²) in [4.78, 5) is 11.5. The van der Waals surface area contributed by atoms with Gasteiger partial charge in [0.15, 0.2) is 0 Å². The van der Waals surface area contributed by atoms with Crippen LogP contribution in [0.15, 0.2) is 0 Å². The lowest BCUT2D eigenvalue weighted by Gasteiger charge is -2.24. The molecule has 1 aliphatic rings. The van der Waals surface area contributed by atoms with Crippen molar-refractivity contribution in [2.45, 2.75) is 45.1 Å². The predicted molar refractivity (Wildman–Crippen MR) is 58.0 cm³/mol. The molecule has 13 heavy (non-hydrogen) atoms. The van der Waals surface area contributed by atoms with Crippen LogP contribution in [0, 0.1) is 5.92 Å². The number of hydrogen-bond acceptors (Lipinski definition) is 2. The molecule has 0 radical (unpaired) electrons. The molecule has 0 spiro atoms. The van der Waals surface area contributed by atoms with Crippen LogP contribution in [0.4, 0.5) is 0 Å². The maximum atomic E-state index is 11.5. The summed E-state index contributed by atoms with van der Waals surface area (Å²) in [7, 11) is 0. The van der Waals surface area contributed by atoms with Crippen LogP contribution in [-0.4, -0.2) is 17.7 Å². The average molecular weight is 201 g/mol. The third-order valence-electron chi connectivity index (χ3n) is 2.67. The van der Waals surface area contributed by atoms with Gasteiger partial charge >= 0.3 is 0 Å². The van der Waals surface area contributed by atoms with E-state index in [0.717, 1.165) is 12.8 Å². The summed E-state index contributed by atoms with van der Waals surface area (Å²) in [5.41, 5.74) is 0. The van der Waals surface area contributed by atoms with Crippen molar-refractivity contribution in [3.63, 3.8) is 0 Å². The van der Waals surface area contributed by atoms with E-state index in [1.165, 1.54) is 19.3 Å². The lowest BCUT2D eigenvalue weighted by molar-refractivity contribution is -0.124. The first-order valence-corrected chi connectivity index (χ1v) is 5.78. The quantitative estimate of drug-likeness (QED) is 0.672. The van der Waals surface area contributed by atoms with E-state index in [1.54, 1.807) is 0 Å². The highest BCUT2D eigenvalue weighted by Crippen LogP contribution is 2.17. The molecule has 0 heterocycles. The minimum Gasteiger partial charge on any atom is -0.353 e. The average Bonchev–Trinajstić information content (AvgIpc) is 2.18. The van der Waals surface area contributed by atoms with Crippen molar-refractivity contribution >= 4 is 18.5 Å². The van der Waals surface area contributed by atoms with Crippen LogP contribution in [0.25, 0.3) is 0 Å². The fraction of sp³-hybridized carbons (Fsp3) is 0.900. The van der Waals surface area contributed by atoms with Crippen molar-refractivity contribution in [2.24, 2.45) is 5.92 Å². The van der Waals surface area contributed by atoms with Crippen molar-refractivity contribution in [3.05, 3.63) is 0 Å². The highest BCUT2D eigenvalue weighted by Gasteiger charge is 2.18. The zero-order valence-corrected chi connectivity index (χ0v) is 9.15. The van der Waals surface area contributed by atoms with Gasteiger partial charge in [0.1, 0.15) is 0 Å². The van der Waals surface area contributed by atoms with Gasteiger partial charge in [-0.1, -0.05) is 26.2 Å². The molecular weight excluding hydrogens is 182 g/mol. The topological polar surface area (TPSA) is 29.1 Å². The smallest absolute Gasteiger partial charge is 0.223 e. The molecule has 0 aliphatic heterocycles. The Morgan fingerprint density at radius 1 is 1.46 bits per heavy atom. The van der Waals surface area contributed by atoms with E-state index in [4.69, 9.17) is 0 Å². The molecule has 76 valence electrons. The Morgan fingerprint density at radius 2 is 2.08 bits per heavy atom. The minimum atomic E-state index is 0.0465. The summed E-state index contributed by atoms with van der Waals surface area (Å²) in [6.45, 7) is 1.92. The Hall–Kier alpha value is -0.180. The number of hydrogen-bond donors (Lipinski definition) is 2. The zero-order valence-electron chi connectivity index (χ0n) is 8.25.